The van der Waals surface area contributed by atoms with Crippen molar-refractivity contribution in [1.82, 2.24) is 5.32 Å². The summed E-state index contributed by atoms with van der Waals surface area (Å²) in [5.41, 5.74) is 0.523. The Kier molecular flexibility index (Phi) is 3.79. The molecule has 0 bridgehead atoms. The molecule has 1 saturated heterocycles. The summed E-state index contributed by atoms with van der Waals surface area (Å²) >= 11 is 0. The Labute approximate surface area is 97.6 Å². The van der Waals surface area contributed by atoms with E-state index in [1.54, 1.807) is 7.05 Å². The molecule has 1 amide bonds. The van der Waals surface area contributed by atoms with Crippen LogP contribution in [0.15, 0.2) is 23.5 Å². The standard InChI is InChI=1S/C13H21NO2/c1-6-8-10-9(7-2)11(12(15)14-5)13(3,4)16-10/h7-8,11H,6H2,1-5H3,(H,14,15). The van der Waals surface area contributed by atoms with Gasteiger partial charge in [-0.1, -0.05) is 13.0 Å². The minimum absolute atomic E-state index is 0.0117. The van der Waals surface area contributed by atoms with E-state index in [4.69, 9.17) is 4.74 Å². The maximum Gasteiger partial charge on any atom is 0.231 e. The molecule has 1 rings (SSSR count). The Morgan fingerprint density at radius 3 is 2.62 bits per heavy atom. The van der Waals surface area contributed by atoms with Crippen molar-refractivity contribution < 1.29 is 9.53 Å². The Balaban J connectivity index is 3.15. The van der Waals surface area contributed by atoms with Gasteiger partial charge in [0.05, 0.1) is 0 Å². The van der Waals surface area contributed by atoms with Crippen LogP contribution in [0.2, 0.25) is 0 Å². The largest absolute Gasteiger partial charge is 0.487 e. The fourth-order valence-electron chi connectivity index (χ4n) is 2.17. The van der Waals surface area contributed by atoms with Crippen molar-refractivity contribution in [2.75, 3.05) is 7.05 Å². The van der Waals surface area contributed by atoms with E-state index in [0.717, 1.165) is 17.8 Å². The smallest absolute Gasteiger partial charge is 0.231 e. The van der Waals surface area contributed by atoms with Crippen LogP contribution in [0.5, 0.6) is 0 Å². The summed E-state index contributed by atoms with van der Waals surface area (Å²) < 4.78 is 5.86. The number of amides is 1. The van der Waals surface area contributed by atoms with Crippen molar-refractivity contribution in [3.63, 3.8) is 0 Å². The summed E-state index contributed by atoms with van der Waals surface area (Å²) in [5.74, 6) is 0.640. The third-order valence-corrected chi connectivity index (χ3v) is 2.87. The molecule has 1 heterocycles. The zero-order valence-corrected chi connectivity index (χ0v) is 10.8. The first-order chi connectivity index (χ1) is 7.47. The molecule has 1 atom stereocenters. The summed E-state index contributed by atoms with van der Waals surface area (Å²) in [5, 5.41) is 2.70. The van der Waals surface area contributed by atoms with Crippen molar-refractivity contribution in [2.45, 2.75) is 39.7 Å². The molecule has 0 spiro atoms. The van der Waals surface area contributed by atoms with Gasteiger partial charge in [-0.25, -0.2) is 0 Å². The van der Waals surface area contributed by atoms with E-state index in [1.165, 1.54) is 0 Å². The average molecular weight is 223 g/mol. The lowest BCUT2D eigenvalue weighted by atomic mass is 9.85. The third kappa shape index (κ3) is 2.13. The minimum Gasteiger partial charge on any atom is -0.487 e. The lowest BCUT2D eigenvalue weighted by molar-refractivity contribution is -0.127. The second-order valence-electron chi connectivity index (χ2n) is 4.47. The zero-order chi connectivity index (χ0) is 12.3. The molecule has 16 heavy (non-hydrogen) atoms. The first kappa shape index (κ1) is 12.8. The maximum atomic E-state index is 11.9. The second-order valence-corrected chi connectivity index (χ2v) is 4.47. The van der Waals surface area contributed by atoms with E-state index < -0.39 is 5.60 Å². The second kappa shape index (κ2) is 4.73. The Bertz CT molecular complexity index is 340. The summed E-state index contributed by atoms with van der Waals surface area (Å²) in [7, 11) is 1.66. The van der Waals surface area contributed by atoms with Crippen LogP contribution in [-0.2, 0) is 9.53 Å². The van der Waals surface area contributed by atoms with Crippen molar-refractivity contribution in [3.05, 3.63) is 23.5 Å². The maximum absolute atomic E-state index is 11.9. The first-order valence-electron chi connectivity index (χ1n) is 5.75. The van der Waals surface area contributed by atoms with Gasteiger partial charge in [0.1, 0.15) is 17.3 Å². The quantitative estimate of drug-likeness (QED) is 0.780. The number of allylic oxidation sites excluding steroid dienone is 3. The van der Waals surface area contributed by atoms with Gasteiger partial charge in [0, 0.05) is 12.6 Å². The lowest BCUT2D eigenvalue weighted by Gasteiger charge is -2.23. The first-order valence-corrected chi connectivity index (χ1v) is 5.75. The van der Waals surface area contributed by atoms with Crippen LogP contribution in [-0.4, -0.2) is 18.6 Å². The van der Waals surface area contributed by atoms with Gasteiger partial charge in [-0.15, -0.1) is 0 Å². The molecule has 0 aromatic heterocycles. The average Bonchev–Trinajstić information content (AvgIpc) is 2.48. The van der Waals surface area contributed by atoms with Crippen molar-refractivity contribution in [2.24, 2.45) is 5.92 Å². The number of hydrogen-bond acceptors (Lipinski definition) is 2. The molecule has 1 aliphatic rings. The fourth-order valence-corrected chi connectivity index (χ4v) is 2.17. The molecule has 1 aliphatic heterocycles. The van der Waals surface area contributed by atoms with Crippen molar-refractivity contribution in [1.29, 1.82) is 0 Å². The van der Waals surface area contributed by atoms with Gasteiger partial charge < -0.3 is 10.1 Å². The molecule has 0 aromatic rings. The highest BCUT2D eigenvalue weighted by Gasteiger charge is 2.46. The van der Waals surface area contributed by atoms with E-state index in [1.807, 2.05) is 32.9 Å². The molecule has 0 aromatic carbocycles. The number of nitrogens with one attached hydrogen (secondary N) is 1. The van der Waals surface area contributed by atoms with Gasteiger partial charge in [0.15, 0.2) is 0 Å². The highest BCUT2D eigenvalue weighted by atomic mass is 16.5. The molecular formula is C13H21NO2. The van der Waals surface area contributed by atoms with Crippen LogP contribution in [0.4, 0.5) is 0 Å². The highest BCUT2D eigenvalue weighted by molar-refractivity contribution is 5.84. The molecule has 3 heteroatoms. The highest BCUT2D eigenvalue weighted by Crippen LogP contribution is 2.42. The number of ether oxygens (including phenoxy) is 1. The predicted molar refractivity (Wildman–Crippen MR) is 64.9 cm³/mol. The van der Waals surface area contributed by atoms with Crippen LogP contribution >= 0.6 is 0 Å². The molecule has 90 valence electrons. The zero-order valence-electron chi connectivity index (χ0n) is 10.8. The molecule has 0 aliphatic carbocycles. The Morgan fingerprint density at radius 2 is 2.19 bits per heavy atom. The monoisotopic (exact) mass is 223 g/mol. The number of hydrogen-bond donors (Lipinski definition) is 1. The van der Waals surface area contributed by atoms with Crippen LogP contribution in [0.3, 0.4) is 0 Å². The van der Waals surface area contributed by atoms with E-state index >= 15 is 0 Å². The van der Waals surface area contributed by atoms with Gasteiger partial charge in [0.25, 0.3) is 0 Å². The number of carbonyl (C=O) groups excluding carboxylic acids is 1. The van der Waals surface area contributed by atoms with Gasteiger partial charge in [0.2, 0.25) is 5.91 Å². The SMILES string of the molecule is CC=C1C(=CCC)OC(C)(C)C1C(=O)NC. The molecule has 3 nitrogen and oxygen atoms in total. The molecule has 0 saturated carbocycles. The fraction of sp³-hybridized carbons (Fsp3) is 0.615. The van der Waals surface area contributed by atoms with E-state index in [-0.39, 0.29) is 11.8 Å². The van der Waals surface area contributed by atoms with E-state index in [2.05, 4.69) is 12.2 Å². The van der Waals surface area contributed by atoms with E-state index in [9.17, 15) is 4.79 Å². The Hall–Kier alpha value is -1.25. The third-order valence-electron chi connectivity index (χ3n) is 2.87. The molecule has 1 unspecified atom stereocenters. The topological polar surface area (TPSA) is 38.3 Å². The van der Waals surface area contributed by atoms with Gasteiger partial charge in [-0.3, -0.25) is 4.79 Å². The van der Waals surface area contributed by atoms with Crippen LogP contribution in [0.1, 0.15) is 34.1 Å². The minimum atomic E-state index is -0.469. The predicted octanol–water partition coefficient (Wildman–Crippen LogP) is 2.40. The number of carbonyl (C=O) groups is 1. The molecule has 0 radical (unpaired) electrons. The van der Waals surface area contributed by atoms with Gasteiger partial charge in [-0.05, 0) is 33.3 Å². The van der Waals surface area contributed by atoms with Gasteiger partial charge in [-0.2, -0.15) is 0 Å². The lowest BCUT2D eigenvalue weighted by Crippen LogP contribution is -2.39. The van der Waals surface area contributed by atoms with Crippen molar-refractivity contribution in [3.8, 4) is 0 Å². The summed E-state index contributed by atoms with van der Waals surface area (Å²) in [6.45, 7) is 7.91. The van der Waals surface area contributed by atoms with Gasteiger partial charge >= 0.3 is 0 Å². The molecule has 1 N–H and O–H groups in total. The molecular weight excluding hydrogens is 202 g/mol. The van der Waals surface area contributed by atoms with Crippen LogP contribution < -0.4 is 5.32 Å². The normalized spacial score (nSPS) is 28.2. The van der Waals surface area contributed by atoms with E-state index in [0.29, 0.717) is 0 Å². The summed E-state index contributed by atoms with van der Waals surface area (Å²) in [6, 6.07) is 0. The Morgan fingerprint density at radius 1 is 1.56 bits per heavy atom. The van der Waals surface area contributed by atoms with Crippen LogP contribution in [0, 0.1) is 5.92 Å². The van der Waals surface area contributed by atoms with Crippen molar-refractivity contribution >= 4 is 5.91 Å². The summed E-state index contributed by atoms with van der Waals surface area (Å²) in [4.78, 5) is 11.9. The molecule has 1 fully saturated rings. The number of rotatable bonds is 2. The summed E-state index contributed by atoms with van der Waals surface area (Å²) in [6.07, 6.45) is 4.90. The van der Waals surface area contributed by atoms with Crippen LogP contribution in [0.25, 0.3) is 0 Å².